The zero-order valence-corrected chi connectivity index (χ0v) is 30.1. The molecule has 6 heterocycles. The van der Waals surface area contributed by atoms with Gasteiger partial charge in [0.25, 0.3) is 5.91 Å². The Kier molecular flexibility index (Phi) is 9.55. The van der Waals surface area contributed by atoms with Gasteiger partial charge in [-0.05, 0) is 86.9 Å². The van der Waals surface area contributed by atoms with E-state index in [2.05, 4.69) is 20.5 Å². The lowest BCUT2D eigenvalue weighted by molar-refractivity contribution is -0.141. The van der Waals surface area contributed by atoms with Crippen LogP contribution < -0.4 is 16.3 Å². The third-order valence-electron chi connectivity index (χ3n) is 11.5. The van der Waals surface area contributed by atoms with Crippen LogP contribution in [0.1, 0.15) is 90.3 Å². The van der Waals surface area contributed by atoms with Gasteiger partial charge in [0.05, 0.1) is 22.4 Å². The van der Waals surface area contributed by atoms with Crippen LogP contribution in [0.4, 0.5) is 23.2 Å². The van der Waals surface area contributed by atoms with Gasteiger partial charge >= 0.3 is 11.9 Å². The van der Waals surface area contributed by atoms with Crippen molar-refractivity contribution in [2.75, 3.05) is 25.0 Å². The summed E-state index contributed by atoms with van der Waals surface area (Å²) in [7, 11) is 1.64. The first-order chi connectivity index (χ1) is 26.3. The second kappa shape index (κ2) is 14.4. The lowest BCUT2D eigenvalue weighted by Gasteiger charge is -2.38. The number of carbonyl (C=O) groups is 3. The number of piperidine rings is 2. The number of alkyl halides is 4. The normalized spacial score (nSPS) is 24.0. The van der Waals surface area contributed by atoms with Gasteiger partial charge in [-0.15, -0.1) is 0 Å². The highest BCUT2D eigenvalue weighted by Gasteiger charge is 2.37. The van der Waals surface area contributed by atoms with E-state index in [1.165, 1.54) is 15.2 Å². The number of imidazole rings is 2. The molecule has 0 spiro atoms. The summed E-state index contributed by atoms with van der Waals surface area (Å²) in [4.78, 5) is 61.0. The van der Waals surface area contributed by atoms with Gasteiger partial charge in [0.1, 0.15) is 29.2 Å². The number of rotatable bonds is 7. The molecule has 8 rings (SSSR count). The molecule has 55 heavy (non-hydrogen) atoms. The first-order valence-electron chi connectivity index (χ1n) is 18.6. The largest absolute Gasteiger partial charge is 0.433 e. The predicted octanol–water partition coefficient (Wildman–Crippen LogP) is 5.73. The zero-order valence-electron chi connectivity index (χ0n) is 30.1. The van der Waals surface area contributed by atoms with Crippen LogP contribution in [0.3, 0.4) is 0 Å². The Bertz CT molecular complexity index is 2360. The summed E-state index contributed by atoms with van der Waals surface area (Å²) in [5, 5.41) is 4.95. The molecule has 4 aromatic heterocycles. The Labute approximate surface area is 312 Å². The van der Waals surface area contributed by atoms with Crippen molar-refractivity contribution in [2.45, 2.75) is 75.2 Å². The molecular formula is C39H40F4N8O4. The molecule has 1 aliphatic carbocycles. The van der Waals surface area contributed by atoms with E-state index in [0.29, 0.717) is 34.7 Å². The second-order valence-corrected chi connectivity index (χ2v) is 15.0. The van der Waals surface area contributed by atoms with Crippen molar-refractivity contribution in [3.05, 3.63) is 94.1 Å². The highest BCUT2D eigenvalue weighted by Crippen LogP contribution is 2.39. The van der Waals surface area contributed by atoms with Crippen molar-refractivity contribution in [2.24, 2.45) is 13.0 Å². The number of nitrogens with one attached hydrogen (secondary N) is 2. The molecule has 1 aromatic carbocycles. The molecule has 288 valence electrons. The van der Waals surface area contributed by atoms with Gasteiger partial charge in [-0.25, -0.2) is 19.2 Å². The molecule has 12 nitrogen and oxygen atoms in total. The second-order valence-electron chi connectivity index (χ2n) is 15.0. The molecule has 3 aliphatic rings. The van der Waals surface area contributed by atoms with Gasteiger partial charge in [-0.1, -0.05) is 18.2 Å². The summed E-state index contributed by atoms with van der Waals surface area (Å²) in [6.45, 7) is 1.81. The molecule has 3 atom stereocenters. The number of anilines is 1. The number of hydrogen-bond acceptors (Lipinski definition) is 7. The summed E-state index contributed by atoms with van der Waals surface area (Å²) >= 11 is 0. The van der Waals surface area contributed by atoms with Crippen LogP contribution in [0, 0.1) is 5.92 Å². The van der Waals surface area contributed by atoms with Crippen molar-refractivity contribution in [3.63, 3.8) is 0 Å². The number of benzene rings is 1. The van der Waals surface area contributed by atoms with E-state index in [-0.39, 0.29) is 42.6 Å². The zero-order chi connectivity index (χ0) is 38.6. The van der Waals surface area contributed by atoms with Crippen LogP contribution in [-0.4, -0.2) is 71.9 Å². The fourth-order valence-electron chi connectivity index (χ4n) is 8.68. The van der Waals surface area contributed by atoms with Crippen molar-refractivity contribution >= 4 is 40.1 Å². The van der Waals surface area contributed by atoms with E-state index < -0.39 is 41.8 Å². The lowest BCUT2D eigenvalue weighted by Crippen LogP contribution is -2.44. The average Bonchev–Trinajstić information content (AvgIpc) is 3.69. The van der Waals surface area contributed by atoms with Gasteiger partial charge < -0.3 is 14.6 Å². The third kappa shape index (κ3) is 7.14. The van der Waals surface area contributed by atoms with E-state index in [9.17, 15) is 32.3 Å². The number of pyridine rings is 2. The SMILES string of the molecule is Cn1c(=O)n(C2CCC(=O)NC2=O)c2cccc([C@@H]3CCN(CC4CCC(c5cn6cc(NC(=O)c7cccc(C(F)(F)F)n7)ccc6n5)CC4)C[C@H]3F)c21. The summed E-state index contributed by atoms with van der Waals surface area (Å²) in [5.74, 6) is -1.36. The summed E-state index contributed by atoms with van der Waals surface area (Å²) in [6, 6.07) is 11.2. The average molecular weight is 761 g/mol. The number of halogens is 4. The third-order valence-corrected chi connectivity index (χ3v) is 11.5. The molecule has 3 fully saturated rings. The van der Waals surface area contributed by atoms with Gasteiger partial charge in [0, 0.05) is 50.8 Å². The predicted molar refractivity (Wildman–Crippen MR) is 194 cm³/mol. The van der Waals surface area contributed by atoms with Crippen LogP contribution in [0.5, 0.6) is 0 Å². The van der Waals surface area contributed by atoms with E-state index in [0.717, 1.165) is 62.2 Å². The quantitative estimate of drug-likeness (QED) is 0.160. The Morgan fingerprint density at radius 1 is 0.945 bits per heavy atom. The number of aromatic nitrogens is 5. The molecule has 0 bridgehead atoms. The molecule has 16 heteroatoms. The van der Waals surface area contributed by atoms with Crippen molar-refractivity contribution < 1.29 is 31.9 Å². The number of likely N-dealkylation sites (tertiary alicyclic amines) is 1. The number of aryl methyl sites for hydroxylation is 1. The topological polar surface area (TPSA) is 136 Å². The minimum absolute atomic E-state index is 0.146. The van der Waals surface area contributed by atoms with E-state index in [1.807, 2.05) is 12.3 Å². The van der Waals surface area contributed by atoms with E-state index >= 15 is 4.39 Å². The van der Waals surface area contributed by atoms with Crippen LogP contribution in [0.2, 0.25) is 0 Å². The Morgan fingerprint density at radius 2 is 1.73 bits per heavy atom. The van der Waals surface area contributed by atoms with Crippen LogP contribution >= 0.6 is 0 Å². The number of amides is 3. The van der Waals surface area contributed by atoms with Crippen molar-refractivity contribution in [1.29, 1.82) is 0 Å². The first-order valence-corrected chi connectivity index (χ1v) is 18.6. The van der Waals surface area contributed by atoms with Crippen LogP contribution in [-0.2, 0) is 22.8 Å². The summed E-state index contributed by atoms with van der Waals surface area (Å²) in [5.41, 5.74) is 2.11. The Balaban J connectivity index is 0.872. The monoisotopic (exact) mass is 760 g/mol. The molecule has 2 aliphatic heterocycles. The number of fused-ring (bicyclic) bond motifs is 2. The lowest BCUT2D eigenvalue weighted by atomic mass is 9.80. The minimum Gasteiger partial charge on any atom is -0.319 e. The van der Waals surface area contributed by atoms with Crippen LogP contribution in [0.15, 0.2) is 65.7 Å². The fourth-order valence-corrected chi connectivity index (χ4v) is 8.68. The highest BCUT2D eigenvalue weighted by molar-refractivity contribution is 6.03. The number of carbonyl (C=O) groups excluding carboxylic acids is 3. The first kappa shape index (κ1) is 36.6. The molecule has 0 radical (unpaired) electrons. The van der Waals surface area contributed by atoms with Gasteiger partial charge in [0.15, 0.2) is 0 Å². The number of para-hydroxylation sites is 1. The molecule has 1 saturated carbocycles. The summed E-state index contributed by atoms with van der Waals surface area (Å²) in [6.07, 6.45) is 2.56. The molecule has 5 aromatic rings. The van der Waals surface area contributed by atoms with Gasteiger partial charge in [0.2, 0.25) is 11.8 Å². The van der Waals surface area contributed by atoms with Crippen LogP contribution in [0.25, 0.3) is 16.7 Å². The highest BCUT2D eigenvalue weighted by atomic mass is 19.4. The molecule has 3 amide bonds. The molecule has 1 unspecified atom stereocenters. The maximum Gasteiger partial charge on any atom is 0.433 e. The fraction of sp³-hybridized carbons (Fsp3) is 0.436. The van der Waals surface area contributed by atoms with Gasteiger partial charge in [-0.3, -0.25) is 28.8 Å². The van der Waals surface area contributed by atoms with E-state index in [4.69, 9.17) is 4.98 Å². The Hall–Kier alpha value is -5.38. The minimum atomic E-state index is -4.66. The number of hydrogen-bond donors (Lipinski definition) is 2. The number of nitrogens with zero attached hydrogens (tertiary/aromatic N) is 6. The van der Waals surface area contributed by atoms with Gasteiger partial charge in [-0.2, -0.15) is 13.2 Å². The maximum absolute atomic E-state index is 16.1. The smallest absolute Gasteiger partial charge is 0.319 e. The number of imide groups is 1. The molecular weight excluding hydrogens is 720 g/mol. The van der Waals surface area contributed by atoms with Crippen molar-refractivity contribution in [1.82, 2.24) is 33.7 Å². The van der Waals surface area contributed by atoms with Crippen molar-refractivity contribution in [3.8, 4) is 0 Å². The molecule has 2 saturated heterocycles. The molecule has 2 N–H and O–H groups in total. The van der Waals surface area contributed by atoms with E-state index in [1.54, 1.807) is 41.9 Å². The standard InChI is InChI=1S/C39H40F4N8O4/c1-48-35-26(4-2-6-30(35)51(38(48)55)31-13-15-34(52)47-37(31)54)25-16-17-49(20-27(25)40)18-22-8-10-23(11-9-22)29-21-50-19-24(12-14-33(50)46-29)44-36(53)28-5-3-7-32(45-28)39(41,42)43/h2-7,12,14,19,21-23,25,27,31H,8-11,13,15-18,20H2,1H3,(H,44,53)(H,47,52,54)/t22?,23?,25-,27+,31?/m0/s1. The summed E-state index contributed by atoms with van der Waals surface area (Å²) < 4.78 is 60.0. The Morgan fingerprint density at radius 3 is 2.47 bits per heavy atom. The maximum atomic E-state index is 16.1.